The fourth-order valence-corrected chi connectivity index (χ4v) is 15.1. The summed E-state index contributed by atoms with van der Waals surface area (Å²) in [5, 5.41) is 13.5. The number of nitrogens with zero attached hydrogens (tertiary/aromatic N) is 3. The van der Waals surface area contributed by atoms with Crippen molar-refractivity contribution < 1.29 is 32.8 Å². The molecule has 0 N–H and O–H groups in total. The molecule has 58 heavy (non-hydrogen) atoms. The number of nitriles is 1. The number of benzene rings is 4. The fraction of sp³-hybridized carbons (Fsp3) is 0.426. The Morgan fingerprint density at radius 1 is 0.897 bits per heavy atom. The van der Waals surface area contributed by atoms with Gasteiger partial charge in [0.25, 0.3) is 8.32 Å². The lowest BCUT2D eigenvalue weighted by atomic mass is 9.71. The summed E-state index contributed by atoms with van der Waals surface area (Å²) >= 11 is 0. The van der Waals surface area contributed by atoms with E-state index in [4.69, 9.17) is 32.8 Å². The van der Waals surface area contributed by atoms with E-state index < -0.39 is 20.4 Å². The maximum atomic E-state index is 11.4. The summed E-state index contributed by atoms with van der Waals surface area (Å²) in [4.78, 5) is 4.83. The Balaban J connectivity index is 1.38. The van der Waals surface area contributed by atoms with E-state index in [0.717, 1.165) is 39.1 Å². The molecule has 11 heteroatoms. The summed E-state index contributed by atoms with van der Waals surface area (Å²) in [5.41, 5.74) is 6.09. The summed E-state index contributed by atoms with van der Waals surface area (Å²) in [5.74, 6) is 3.52. The number of piperazine rings is 1. The number of likely N-dealkylation sites (N-methyl/N-ethyl adjacent to an activating group) is 1. The smallest absolute Gasteiger partial charge is 0.261 e. The minimum Gasteiger partial charge on any atom is -0.493 e. The quantitative estimate of drug-likeness (QED) is 0.0853. The van der Waals surface area contributed by atoms with Crippen LogP contribution in [-0.2, 0) is 22.0 Å². The van der Waals surface area contributed by atoms with Gasteiger partial charge in [-0.25, -0.2) is 0 Å². The monoisotopic (exact) mass is 801 g/mol. The van der Waals surface area contributed by atoms with Crippen molar-refractivity contribution in [3.63, 3.8) is 0 Å². The van der Waals surface area contributed by atoms with E-state index in [-0.39, 0.29) is 36.7 Å². The van der Waals surface area contributed by atoms with Crippen molar-refractivity contribution in [1.82, 2.24) is 9.80 Å². The van der Waals surface area contributed by atoms with Crippen LogP contribution in [0, 0.1) is 25.2 Å². The van der Waals surface area contributed by atoms with Gasteiger partial charge in [0.15, 0.2) is 29.8 Å². The van der Waals surface area contributed by atoms with Crippen LogP contribution < -0.4 is 34.1 Å². The molecule has 0 radical (unpaired) electrons. The Hall–Kier alpha value is -4.83. The third-order valence-corrected chi connectivity index (χ3v) is 17.8. The molecule has 0 saturated carbocycles. The van der Waals surface area contributed by atoms with Crippen molar-refractivity contribution in [3.8, 4) is 34.8 Å². The van der Waals surface area contributed by atoms with Gasteiger partial charge >= 0.3 is 0 Å². The van der Waals surface area contributed by atoms with Crippen LogP contribution in [-0.4, -0.2) is 84.3 Å². The van der Waals surface area contributed by atoms with E-state index in [1.54, 1.807) is 20.3 Å². The predicted molar refractivity (Wildman–Crippen MR) is 226 cm³/mol. The molecule has 1 fully saturated rings. The maximum Gasteiger partial charge on any atom is 0.261 e. The number of hydrogen-bond acceptors (Lipinski definition) is 10. The molecular formula is C47H55N3O7Si. The second-order valence-corrected chi connectivity index (χ2v) is 21.2. The molecule has 5 atom stereocenters. The van der Waals surface area contributed by atoms with E-state index in [9.17, 15) is 5.26 Å². The van der Waals surface area contributed by atoms with Crippen LogP contribution >= 0.6 is 0 Å². The summed E-state index contributed by atoms with van der Waals surface area (Å²) in [6.07, 6.45) is 3.01. The Labute approximate surface area is 343 Å². The summed E-state index contributed by atoms with van der Waals surface area (Å²) in [6.45, 7) is 15.7. The van der Waals surface area contributed by atoms with Crippen LogP contribution in [0.4, 0.5) is 0 Å². The molecule has 8 rings (SSSR count). The summed E-state index contributed by atoms with van der Waals surface area (Å²) < 4.78 is 45.1. The highest BCUT2D eigenvalue weighted by Gasteiger charge is 2.58. The van der Waals surface area contributed by atoms with Gasteiger partial charge < -0.3 is 32.8 Å². The van der Waals surface area contributed by atoms with Crippen molar-refractivity contribution in [1.29, 1.82) is 5.26 Å². The molecule has 4 aliphatic heterocycles. The number of methoxy groups -OCH3 is 2. The van der Waals surface area contributed by atoms with E-state index in [1.807, 2.05) is 13.8 Å². The zero-order valence-electron chi connectivity index (χ0n) is 35.0. The maximum absolute atomic E-state index is 11.4. The van der Waals surface area contributed by atoms with Gasteiger partial charge in [0.05, 0.1) is 31.9 Å². The van der Waals surface area contributed by atoms with Crippen LogP contribution in [0.15, 0.2) is 79.4 Å². The first-order valence-electron chi connectivity index (χ1n) is 20.2. The lowest BCUT2D eigenvalue weighted by Crippen LogP contribution is -2.70. The van der Waals surface area contributed by atoms with E-state index >= 15 is 0 Å². The number of aryl methyl sites for hydroxylation is 1. The molecule has 4 aromatic carbocycles. The molecule has 304 valence electrons. The molecule has 1 saturated heterocycles. The highest BCUT2D eigenvalue weighted by Crippen LogP contribution is 2.59. The summed E-state index contributed by atoms with van der Waals surface area (Å²) in [7, 11) is 2.42. The molecule has 0 aliphatic carbocycles. The minimum atomic E-state index is -3.04. The van der Waals surface area contributed by atoms with E-state index in [1.165, 1.54) is 10.4 Å². The Morgan fingerprint density at radius 3 is 2.17 bits per heavy atom. The molecule has 10 nitrogen and oxygen atoms in total. The molecule has 4 heterocycles. The van der Waals surface area contributed by atoms with Gasteiger partial charge in [-0.3, -0.25) is 9.80 Å². The second-order valence-electron chi connectivity index (χ2n) is 16.9. The Kier molecular flexibility index (Phi) is 10.8. The summed E-state index contributed by atoms with van der Waals surface area (Å²) in [6, 6.07) is 25.1. The molecule has 0 amide bonds. The van der Waals surface area contributed by atoms with Gasteiger partial charge in [0.1, 0.15) is 18.4 Å². The van der Waals surface area contributed by atoms with Crippen molar-refractivity contribution >= 4 is 18.7 Å². The first-order chi connectivity index (χ1) is 28.0. The van der Waals surface area contributed by atoms with E-state index in [2.05, 4.69) is 117 Å². The fourth-order valence-electron chi connectivity index (χ4n) is 10.5. The van der Waals surface area contributed by atoms with Crippen LogP contribution in [0.1, 0.15) is 66.2 Å². The predicted octanol–water partition coefficient (Wildman–Crippen LogP) is 6.94. The first kappa shape index (κ1) is 40.0. The molecule has 4 aliphatic rings. The normalized spacial score (nSPS) is 22.3. The van der Waals surface area contributed by atoms with Crippen LogP contribution in [0.3, 0.4) is 0 Å². The van der Waals surface area contributed by atoms with Gasteiger partial charge in [-0.2, -0.15) is 5.26 Å². The third kappa shape index (κ3) is 6.20. The van der Waals surface area contributed by atoms with Gasteiger partial charge in [-0.1, -0.05) is 100 Å². The van der Waals surface area contributed by atoms with Crippen LogP contribution in [0.5, 0.6) is 28.7 Å². The molecule has 2 bridgehead atoms. The number of rotatable bonds is 12. The Morgan fingerprint density at radius 2 is 1.57 bits per heavy atom. The van der Waals surface area contributed by atoms with Crippen molar-refractivity contribution in [2.45, 2.75) is 82.7 Å². The highest BCUT2D eigenvalue weighted by molar-refractivity contribution is 6.99. The topological polar surface area (TPSA) is 94.9 Å². The molecule has 0 spiro atoms. The van der Waals surface area contributed by atoms with E-state index in [0.29, 0.717) is 49.1 Å². The van der Waals surface area contributed by atoms with Gasteiger partial charge in [-0.05, 0) is 60.3 Å². The SMILES string of the molecule is C=CCOc1c(C)c2c(c3c1CC1[C@H]4c5c(cc(C)c(OC)c5OCOC)C[C@@H](C(C#N)N1[C@H]3CO[Si](c1ccccc1)(c1ccccc1)C(C)(C)C)N4C)OCO2. The van der Waals surface area contributed by atoms with Gasteiger partial charge in [-0.15, -0.1) is 0 Å². The first-order valence-corrected chi connectivity index (χ1v) is 22.1. The average Bonchev–Trinajstić information content (AvgIpc) is 3.71. The van der Waals surface area contributed by atoms with Gasteiger partial charge in [0, 0.05) is 41.4 Å². The highest BCUT2D eigenvalue weighted by atomic mass is 28.4. The van der Waals surface area contributed by atoms with Crippen molar-refractivity contribution in [3.05, 3.63) is 113 Å². The van der Waals surface area contributed by atoms with Crippen molar-refractivity contribution in [2.75, 3.05) is 48.1 Å². The minimum absolute atomic E-state index is 0.0707. The largest absolute Gasteiger partial charge is 0.493 e. The zero-order chi connectivity index (χ0) is 40.9. The average molecular weight is 802 g/mol. The number of fused-ring (bicyclic) bond motifs is 9. The number of hydrogen-bond donors (Lipinski definition) is 0. The lowest BCUT2D eigenvalue weighted by molar-refractivity contribution is -0.0819. The lowest BCUT2D eigenvalue weighted by Gasteiger charge is -2.60. The van der Waals surface area contributed by atoms with Gasteiger partial charge in [0.2, 0.25) is 6.79 Å². The molecule has 2 unspecified atom stereocenters. The van der Waals surface area contributed by atoms with Crippen LogP contribution in [0.2, 0.25) is 5.04 Å². The van der Waals surface area contributed by atoms with Crippen LogP contribution in [0.25, 0.3) is 0 Å². The van der Waals surface area contributed by atoms with Crippen molar-refractivity contribution in [2.24, 2.45) is 0 Å². The Bertz CT molecular complexity index is 2180. The molecule has 4 aromatic rings. The number of ether oxygens (including phenoxy) is 6. The second kappa shape index (κ2) is 15.7. The standard InChI is InChI=1S/C47H55N3O7Si/c1-10-21-53-43-30(3)44-46(56-28-55-44)40-34(43)24-36-41-39-31(22-29(2)42(52-9)45(39)54-27-51-8)23-35(49(41)7)37(25-48)50(36)38(40)26-57-58(47(4,5)6,32-17-13-11-14-18-32)33-19-15-12-16-20-33/h10-20,22,35-38,41H,1,21,23-24,26-28H2,2-9H3/t35-,36?,37?,38-,41-/m0/s1. The molecule has 0 aromatic heterocycles. The zero-order valence-corrected chi connectivity index (χ0v) is 36.0. The third-order valence-electron chi connectivity index (χ3n) is 12.8. The molecular weight excluding hydrogens is 747 g/mol.